The zero-order valence-corrected chi connectivity index (χ0v) is 12.2. The number of methoxy groups -OCH3 is 1. The van der Waals surface area contributed by atoms with Crippen LogP contribution in [-0.2, 0) is 6.42 Å². The van der Waals surface area contributed by atoms with Crippen molar-refractivity contribution in [3.8, 4) is 5.75 Å². The monoisotopic (exact) mass is 299 g/mol. The van der Waals surface area contributed by atoms with Crippen molar-refractivity contribution in [3.63, 3.8) is 0 Å². The summed E-state index contributed by atoms with van der Waals surface area (Å²) in [6.07, 6.45) is 5.86. The fraction of sp³-hybridized carbons (Fsp3) is 0.312. The van der Waals surface area contributed by atoms with Gasteiger partial charge in [0.1, 0.15) is 11.6 Å². The first-order valence-corrected chi connectivity index (χ1v) is 7.16. The van der Waals surface area contributed by atoms with Crippen LogP contribution in [0.2, 0.25) is 0 Å². The first kappa shape index (κ1) is 14.3. The van der Waals surface area contributed by atoms with E-state index >= 15 is 0 Å². The maximum absolute atomic E-state index is 10.8. The number of nitrogens with one attached hydrogen (secondary N) is 1. The lowest BCUT2D eigenvalue weighted by Gasteiger charge is -2.27. The number of rotatable bonds is 4. The molecular weight excluding hydrogens is 282 g/mol. The number of nitrogens with zero attached hydrogens (tertiary/aromatic N) is 2. The molecule has 1 aromatic carbocycles. The third kappa shape index (κ3) is 2.86. The third-order valence-electron chi connectivity index (χ3n) is 3.86. The number of carboxylic acids is 1. The molecular formula is C16H17N3O3. The average Bonchev–Trinajstić information content (AvgIpc) is 2.55. The largest absolute Gasteiger partial charge is 0.497 e. The standard InChI is InChI=1S/C16H17N3O3/c1-22-11-6-5-10-3-2-4-13(12(10)7-11)19-15-9-17-14(8-18-15)16(20)21/h5-9,13H,2-4H2,1H3,(H,18,19)(H,20,21)/t13-/m0/s1. The Kier molecular flexibility index (Phi) is 3.91. The van der Waals surface area contributed by atoms with Crippen LogP contribution < -0.4 is 10.1 Å². The Morgan fingerprint density at radius 1 is 1.36 bits per heavy atom. The van der Waals surface area contributed by atoms with Crippen molar-refractivity contribution in [1.82, 2.24) is 9.97 Å². The van der Waals surface area contributed by atoms with Crippen LogP contribution >= 0.6 is 0 Å². The van der Waals surface area contributed by atoms with Crippen molar-refractivity contribution in [2.24, 2.45) is 0 Å². The molecule has 0 unspecified atom stereocenters. The summed E-state index contributed by atoms with van der Waals surface area (Å²) in [4.78, 5) is 18.8. The fourth-order valence-corrected chi connectivity index (χ4v) is 2.75. The summed E-state index contributed by atoms with van der Waals surface area (Å²) in [6.45, 7) is 0. The molecule has 0 fully saturated rings. The van der Waals surface area contributed by atoms with E-state index in [4.69, 9.17) is 9.84 Å². The molecule has 0 amide bonds. The summed E-state index contributed by atoms with van der Waals surface area (Å²) in [6, 6.07) is 6.25. The predicted octanol–water partition coefficient (Wildman–Crippen LogP) is 2.67. The Hall–Kier alpha value is -2.63. The number of aromatic carboxylic acids is 1. The van der Waals surface area contributed by atoms with E-state index in [0.29, 0.717) is 5.82 Å². The molecule has 3 rings (SSSR count). The number of aromatic nitrogens is 2. The number of benzene rings is 1. The Morgan fingerprint density at radius 3 is 2.91 bits per heavy atom. The summed E-state index contributed by atoms with van der Waals surface area (Å²) in [5.41, 5.74) is 2.45. The van der Waals surface area contributed by atoms with E-state index in [1.54, 1.807) is 7.11 Å². The molecule has 1 aliphatic rings. The molecule has 2 N–H and O–H groups in total. The molecule has 1 heterocycles. The highest BCUT2D eigenvalue weighted by atomic mass is 16.5. The summed E-state index contributed by atoms with van der Waals surface area (Å²) in [5, 5.41) is 12.2. The molecule has 22 heavy (non-hydrogen) atoms. The summed E-state index contributed by atoms with van der Waals surface area (Å²) in [7, 11) is 1.66. The van der Waals surface area contributed by atoms with Crippen LogP contribution in [0.25, 0.3) is 0 Å². The molecule has 0 bridgehead atoms. The van der Waals surface area contributed by atoms with Gasteiger partial charge in [0, 0.05) is 0 Å². The van der Waals surface area contributed by atoms with Crippen molar-refractivity contribution in [2.75, 3.05) is 12.4 Å². The average molecular weight is 299 g/mol. The quantitative estimate of drug-likeness (QED) is 0.903. The maximum Gasteiger partial charge on any atom is 0.356 e. The smallest absolute Gasteiger partial charge is 0.356 e. The van der Waals surface area contributed by atoms with Gasteiger partial charge in [-0.15, -0.1) is 0 Å². The summed E-state index contributed by atoms with van der Waals surface area (Å²) in [5.74, 6) is 0.331. The lowest BCUT2D eigenvalue weighted by molar-refractivity contribution is 0.0690. The highest BCUT2D eigenvalue weighted by Gasteiger charge is 2.21. The van der Waals surface area contributed by atoms with Gasteiger partial charge in [0.15, 0.2) is 5.69 Å². The normalized spacial score (nSPS) is 16.7. The Morgan fingerprint density at radius 2 is 2.23 bits per heavy atom. The van der Waals surface area contributed by atoms with Gasteiger partial charge >= 0.3 is 5.97 Å². The minimum Gasteiger partial charge on any atom is -0.497 e. The van der Waals surface area contributed by atoms with Crippen LogP contribution in [0.5, 0.6) is 5.75 Å². The van der Waals surface area contributed by atoms with E-state index in [0.717, 1.165) is 25.0 Å². The van der Waals surface area contributed by atoms with Gasteiger partial charge in [-0.3, -0.25) is 0 Å². The molecule has 0 saturated heterocycles. The number of anilines is 1. The maximum atomic E-state index is 10.8. The predicted molar refractivity (Wildman–Crippen MR) is 81.3 cm³/mol. The van der Waals surface area contributed by atoms with Crippen LogP contribution in [-0.4, -0.2) is 28.2 Å². The number of carbonyl (C=O) groups is 1. The van der Waals surface area contributed by atoms with E-state index in [-0.39, 0.29) is 11.7 Å². The summed E-state index contributed by atoms with van der Waals surface area (Å²) < 4.78 is 5.30. The minimum atomic E-state index is -1.08. The van der Waals surface area contributed by atoms with Crippen molar-refractivity contribution >= 4 is 11.8 Å². The van der Waals surface area contributed by atoms with Crippen molar-refractivity contribution in [1.29, 1.82) is 0 Å². The zero-order chi connectivity index (χ0) is 15.5. The Labute approximate surface area is 128 Å². The third-order valence-corrected chi connectivity index (χ3v) is 3.86. The van der Waals surface area contributed by atoms with Crippen molar-refractivity contribution in [2.45, 2.75) is 25.3 Å². The topological polar surface area (TPSA) is 84.3 Å². The lowest BCUT2D eigenvalue weighted by Crippen LogP contribution is -2.18. The lowest BCUT2D eigenvalue weighted by atomic mass is 9.87. The van der Waals surface area contributed by atoms with E-state index in [2.05, 4.69) is 21.4 Å². The highest BCUT2D eigenvalue weighted by Crippen LogP contribution is 2.34. The molecule has 0 radical (unpaired) electrons. The Bertz CT molecular complexity index is 686. The second-order valence-electron chi connectivity index (χ2n) is 5.25. The number of carboxylic acid groups (broad SMARTS) is 1. The van der Waals surface area contributed by atoms with Crippen LogP contribution in [0.15, 0.2) is 30.6 Å². The van der Waals surface area contributed by atoms with E-state index in [1.807, 2.05) is 12.1 Å². The number of fused-ring (bicyclic) bond motifs is 1. The molecule has 0 saturated carbocycles. The van der Waals surface area contributed by atoms with Crippen LogP contribution in [0.1, 0.15) is 40.5 Å². The minimum absolute atomic E-state index is 0.0590. The molecule has 1 aromatic heterocycles. The van der Waals surface area contributed by atoms with Crippen molar-refractivity contribution in [3.05, 3.63) is 47.4 Å². The van der Waals surface area contributed by atoms with Crippen LogP contribution in [0, 0.1) is 0 Å². The molecule has 114 valence electrons. The van der Waals surface area contributed by atoms with Crippen molar-refractivity contribution < 1.29 is 14.6 Å². The molecule has 6 heteroatoms. The highest BCUT2D eigenvalue weighted by molar-refractivity contribution is 5.84. The van der Waals surface area contributed by atoms with Crippen LogP contribution in [0.4, 0.5) is 5.82 Å². The zero-order valence-electron chi connectivity index (χ0n) is 12.2. The van der Waals surface area contributed by atoms with Crippen LogP contribution in [0.3, 0.4) is 0 Å². The summed E-state index contributed by atoms with van der Waals surface area (Å²) >= 11 is 0. The van der Waals surface area contributed by atoms with Gasteiger partial charge in [-0.2, -0.15) is 0 Å². The first-order chi connectivity index (χ1) is 10.7. The molecule has 0 spiro atoms. The number of hydrogen-bond acceptors (Lipinski definition) is 5. The second-order valence-corrected chi connectivity index (χ2v) is 5.25. The molecule has 1 aliphatic carbocycles. The molecule has 2 aromatic rings. The van der Waals surface area contributed by atoms with Gasteiger partial charge in [-0.1, -0.05) is 6.07 Å². The SMILES string of the molecule is COc1ccc2c(c1)[C@@H](Nc1cnc(C(=O)O)cn1)CCC2. The van der Waals surface area contributed by atoms with Gasteiger partial charge in [0.2, 0.25) is 0 Å². The van der Waals surface area contributed by atoms with E-state index < -0.39 is 5.97 Å². The van der Waals surface area contributed by atoms with Gasteiger partial charge in [-0.25, -0.2) is 14.8 Å². The second kappa shape index (κ2) is 6.01. The van der Waals surface area contributed by atoms with Gasteiger partial charge in [0.05, 0.1) is 25.5 Å². The molecule has 1 atom stereocenters. The van der Waals surface area contributed by atoms with Gasteiger partial charge in [0.25, 0.3) is 0 Å². The first-order valence-electron chi connectivity index (χ1n) is 7.16. The van der Waals surface area contributed by atoms with E-state index in [9.17, 15) is 4.79 Å². The number of aryl methyl sites for hydroxylation is 1. The van der Waals surface area contributed by atoms with E-state index in [1.165, 1.54) is 23.5 Å². The number of hydrogen-bond donors (Lipinski definition) is 2. The van der Waals surface area contributed by atoms with Gasteiger partial charge < -0.3 is 15.2 Å². The molecule has 0 aliphatic heterocycles. The molecule has 6 nitrogen and oxygen atoms in total. The Balaban J connectivity index is 1.83. The number of ether oxygens (including phenoxy) is 1. The fourth-order valence-electron chi connectivity index (χ4n) is 2.75. The van der Waals surface area contributed by atoms with Gasteiger partial charge in [-0.05, 0) is 42.5 Å².